The first-order valence-electron chi connectivity index (χ1n) is 7.15. The summed E-state index contributed by atoms with van der Waals surface area (Å²) in [4.78, 5) is 0. The van der Waals surface area contributed by atoms with Crippen LogP contribution in [0, 0.1) is 6.92 Å². The summed E-state index contributed by atoms with van der Waals surface area (Å²) >= 11 is 0. The van der Waals surface area contributed by atoms with Crippen LogP contribution < -0.4 is 4.74 Å². The number of benzene rings is 1. The van der Waals surface area contributed by atoms with E-state index in [-0.39, 0.29) is 6.61 Å². The third-order valence-corrected chi connectivity index (χ3v) is 3.87. The molecular formula is C16H24O2. The molecule has 0 aliphatic heterocycles. The molecule has 0 unspecified atom stereocenters. The average molecular weight is 248 g/mol. The summed E-state index contributed by atoms with van der Waals surface area (Å²) in [6.45, 7) is 2.54. The van der Waals surface area contributed by atoms with Crippen molar-refractivity contribution in [3.8, 4) is 5.75 Å². The fourth-order valence-corrected chi connectivity index (χ4v) is 2.86. The van der Waals surface area contributed by atoms with Crippen LogP contribution >= 0.6 is 0 Å². The van der Waals surface area contributed by atoms with Gasteiger partial charge in [-0.3, -0.25) is 0 Å². The molecule has 1 N–H and O–H groups in total. The molecule has 2 nitrogen and oxygen atoms in total. The molecule has 100 valence electrons. The first-order valence-corrected chi connectivity index (χ1v) is 7.15. The van der Waals surface area contributed by atoms with Crippen LogP contribution in [0.15, 0.2) is 18.2 Å². The number of aliphatic hydroxyl groups is 1. The van der Waals surface area contributed by atoms with Gasteiger partial charge in [0.05, 0.1) is 6.61 Å². The van der Waals surface area contributed by atoms with Crippen LogP contribution in [0.2, 0.25) is 0 Å². The maximum absolute atomic E-state index is 8.78. The highest BCUT2D eigenvalue weighted by atomic mass is 16.5. The van der Waals surface area contributed by atoms with Crippen molar-refractivity contribution < 1.29 is 9.84 Å². The Labute approximate surface area is 110 Å². The maximum Gasteiger partial charge on any atom is 0.122 e. The third-order valence-electron chi connectivity index (χ3n) is 3.87. The van der Waals surface area contributed by atoms with E-state index >= 15 is 0 Å². The Bertz CT molecular complexity index is 365. The number of aryl methyl sites for hydroxylation is 1. The Balaban J connectivity index is 2.06. The van der Waals surface area contributed by atoms with Gasteiger partial charge in [0.2, 0.25) is 0 Å². The molecule has 1 saturated carbocycles. The summed E-state index contributed by atoms with van der Waals surface area (Å²) in [5.41, 5.74) is 2.65. The topological polar surface area (TPSA) is 29.5 Å². The predicted octanol–water partition coefficient (Wildman–Crippen LogP) is 3.80. The van der Waals surface area contributed by atoms with Gasteiger partial charge >= 0.3 is 0 Å². The second-order valence-corrected chi connectivity index (χ2v) is 5.29. The second kappa shape index (κ2) is 6.79. The van der Waals surface area contributed by atoms with Crippen LogP contribution in [0.25, 0.3) is 0 Å². The summed E-state index contributed by atoms with van der Waals surface area (Å²) < 4.78 is 5.50. The van der Waals surface area contributed by atoms with Gasteiger partial charge in [0.15, 0.2) is 0 Å². The maximum atomic E-state index is 8.78. The van der Waals surface area contributed by atoms with E-state index in [0.717, 1.165) is 11.7 Å². The van der Waals surface area contributed by atoms with Crippen molar-refractivity contribution in [1.29, 1.82) is 0 Å². The van der Waals surface area contributed by atoms with Crippen molar-refractivity contribution in [3.05, 3.63) is 29.3 Å². The number of aliphatic hydroxyl groups excluding tert-OH is 1. The highest BCUT2D eigenvalue weighted by molar-refractivity contribution is 5.37. The van der Waals surface area contributed by atoms with Crippen LogP contribution in [0.3, 0.4) is 0 Å². The fourth-order valence-electron chi connectivity index (χ4n) is 2.86. The summed E-state index contributed by atoms with van der Waals surface area (Å²) in [6.07, 6.45) is 8.19. The zero-order valence-corrected chi connectivity index (χ0v) is 11.3. The van der Waals surface area contributed by atoms with E-state index in [9.17, 15) is 0 Å². The first kappa shape index (κ1) is 13.4. The standard InChI is InChI=1S/C16H24O2/c1-13-12-15(8-9-16(13)18-11-10-17)14-6-4-2-3-5-7-14/h8-9,12,14,17H,2-7,10-11H2,1H3. The van der Waals surface area contributed by atoms with E-state index in [1.165, 1.54) is 49.7 Å². The minimum absolute atomic E-state index is 0.0732. The summed E-state index contributed by atoms with van der Waals surface area (Å²) in [6, 6.07) is 6.53. The van der Waals surface area contributed by atoms with E-state index in [1.54, 1.807) is 0 Å². The lowest BCUT2D eigenvalue weighted by atomic mass is 9.91. The van der Waals surface area contributed by atoms with Gasteiger partial charge in [0, 0.05) is 0 Å². The van der Waals surface area contributed by atoms with Gasteiger partial charge in [-0.2, -0.15) is 0 Å². The molecule has 1 aliphatic carbocycles. The van der Waals surface area contributed by atoms with Gasteiger partial charge in [-0.25, -0.2) is 0 Å². The van der Waals surface area contributed by atoms with Crippen molar-refractivity contribution in [2.24, 2.45) is 0 Å². The zero-order valence-electron chi connectivity index (χ0n) is 11.3. The largest absolute Gasteiger partial charge is 0.491 e. The van der Waals surface area contributed by atoms with Crippen molar-refractivity contribution in [2.45, 2.75) is 51.4 Å². The number of ether oxygens (including phenoxy) is 1. The lowest BCUT2D eigenvalue weighted by Crippen LogP contribution is -2.04. The first-order chi connectivity index (χ1) is 8.81. The van der Waals surface area contributed by atoms with Gasteiger partial charge in [-0.1, -0.05) is 37.8 Å². The smallest absolute Gasteiger partial charge is 0.122 e. The van der Waals surface area contributed by atoms with E-state index in [4.69, 9.17) is 9.84 Å². The van der Waals surface area contributed by atoms with Gasteiger partial charge in [-0.05, 0) is 42.9 Å². The molecule has 1 fully saturated rings. The van der Waals surface area contributed by atoms with Crippen molar-refractivity contribution in [3.63, 3.8) is 0 Å². The van der Waals surface area contributed by atoms with Gasteiger partial charge in [-0.15, -0.1) is 0 Å². The molecule has 0 aromatic heterocycles. The van der Waals surface area contributed by atoms with Crippen LogP contribution in [-0.2, 0) is 0 Å². The predicted molar refractivity (Wildman–Crippen MR) is 74.2 cm³/mol. The highest BCUT2D eigenvalue weighted by Gasteiger charge is 2.15. The molecule has 0 heterocycles. The Morgan fingerprint density at radius 3 is 2.50 bits per heavy atom. The zero-order chi connectivity index (χ0) is 12.8. The molecule has 1 aromatic rings. The van der Waals surface area contributed by atoms with Crippen molar-refractivity contribution in [1.82, 2.24) is 0 Å². The van der Waals surface area contributed by atoms with Crippen molar-refractivity contribution >= 4 is 0 Å². The third kappa shape index (κ3) is 3.49. The molecule has 0 saturated heterocycles. The number of hydrogen-bond acceptors (Lipinski definition) is 2. The monoisotopic (exact) mass is 248 g/mol. The van der Waals surface area contributed by atoms with E-state index in [0.29, 0.717) is 6.61 Å². The fraction of sp³-hybridized carbons (Fsp3) is 0.625. The lowest BCUT2D eigenvalue weighted by Gasteiger charge is -2.16. The Morgan fingerprint density at radius 2 is 1.89 bits per heavy atom. The highest BCUT2D eigenvalue weighted by Crippen LogP contribution is 2.33. The molecule has 1 aliphatic rings. The molecule has 0 bridgehead atoms. The molecule has 2 rings (SSSR count). The van der Waals surface area contributed by atoms with Gasteiger partial charge in [0.1, 0.15) is 12.4 Å². The van der Waals surface area contributed by atoms with Crippen LogP contribution in [0.5, 0.6) is 5.75 Å². The summed E-state index contributed by atoms with van der Waals surface area (Å²) in [7, 11) is 0. The minimum atomic E-state index is 0.0732. The normalized spacial score (nSPS) is 17.4. The molecule has 0 amide bonds. The Morgan fingerprint density at radius 1 is 1.17 bits per heavy atom. The molecule has 0 spiro atoms. The average Bonchev–Trinajstić information content (AvgIpc) is 2.66. The van der Waals surface area contributed by atoms with Gasteiger partial charge < -0.3 is 9.84 Å². The molecule has 0 radical (unpaired) electrons. The quantitative estimate of drug-likeness (QED) is 0.821. The molecule has 2 heteroatoms. The number of rotatable bonds is 4. The van der Waals surface area contributed by atoms with Crippen LogP contribution in [0.4, 0.5) is 0 Å². The number of hydrogen-bond donors (Lipinski definition) is 1. The summed E-state index contributed by atoms with van der Waals surface area (Å²) in [5, 5.41) is 8.78. The molecule has 1 aromatic carbocycles. The van der Waals surface area contributed by atoms with Crippen LogP contribution in [0.1, 0.15) is 55.6 Å². The molecular weight excluding hydrogens is 224 g/mol. The van der Waals surface area contributed by atoms with Crippen LogP contribution in [-0.4, -0.2) is 18.3 Å². The minimum Gasteiger partial charge on any atom is -0.491 e. The molecule has 0 atom stereocenters. The van der Waals surface area contributed by atoms with E-state index in [1.807, 2.05) is 0 Å². The van der Waals surface area contributed by atoms with Crippen molar-refractivity contribution in [2.75, 3.05) is 13.2 Å². The van der Waals surface area contributed by atoms with Gasteiger partial charge in [0.25, 0.3) is 0 Å². The second-order valence-electron chi connectivity index (χ2n) is 5.29. The van der Waals surface area contributed by atoms with E-state index in [2.05, 4.69) is 25.1 Å². The molecule has 18 heavy (non-hydrogen) atoms. The summed E-state index contributed by atoms with van der Waals surface area (Å²) in [5.74, 6) is 1.64. The lowest BCUT2D eigenvalue weighted by molar-refractivity contribution is 0.200. The van der Waals surface area contributed by atoms with E-state index < -0.39 is 0 Å². The Hall–Kier alpha value is -1.02. The Kier molecular flexibility index (Phi) is 5.06. The SMILES string of the molecule is Cc1cc(C2CCCCCC2)ccc1OCCO.